The third-order valence-corrected chi connectivity index (χ3v) is 3.16. The van der Waals surface area contributed by atoms with Crippen molar-refractivity contribution in [3.8, 4) is 0 Å². The summed E-state index contributed by atoms with van der Waals surface area (Å²) in [6.07, 6.45) is 1.96. The van der Waals surface area contributed by atoms with Gasteiger partial charge >= 0.3 is 0 Å². The zero-order valence-electron chi connectivity index (χ0n) is 11.7. The van der Waals surface area contributed by atoms with E-state index < -0.39 is 0 Å². The highest BCUT2D eigenvalue weighted by atomic mass is 35.5. The van der Waals surface area contributed by atoms with Gasteiger partial charge in [-0.2, -0.15) is 0 Å². The average molecular weight is 307 g/mol. The molecule has 2 N–H and O–H groups in total. The SMILES string of the molecule is Cc1nc(C)c(CCC(=O)Nc2ccc(Cl)cn2)c(=O)[nH]1. The number of hydrogen-bond acceptors (Lipinski definition) is 4. The van der Waals surface area contributed by atoms with E-state index in [1.165, 1.54) is 6.20 Å². The predicted octanol–water partition coefficient (Wildman–Crippen LogP) is 2.01. The van der Waals surface area contributed by atoms with Gasteiger partial charge in [0.05, 0.1) is 5.02 Å². The molecule has 0 saturated heterocycles. The summed E-state index contributed by atoms with van der Waals surface area (Å²) in [4.78, 5) is 34.5. The van der Waals surface area contributed by atoms with E-state index in [0.717, 1.165) is 0 Å². The first-order valence-corrected chi connectivity index (χ1v) is 6.81. The Balaban J connectivity index is 1.98. The molecule has 6 nitrogen and oxygen atoms in total. The summed E-state index contributed by atoms with van der Waals surface area (Å²) in [5.74, 6) is 0.775. The lowest BCUT2D eigenvalue weighted by molar-refractivity contribution is -0.116. The number of pyridine rings is 1. The van der Waals surface area contributed by atoms with Crippen molar-refractivity contribution in [3.63, 3.8) is 0 Å². The molecule has 2 aromatic rings. The molecule has 0 bridgehead atoms. The van der Waals surface area contributed by atoms with E-state index in [9.17, 15) is 9.59 Å². The van der Waals surface area contributed by atoms with Gasteiger partial charge in [-0.25, -0.2) is 9.97 Å². The number of carbonyl (C=O) groups excluding carboxylic acids is 1. The molecule has 0 unspecified atom stereocenters. The minimum absolute atomic E-state index is 0.180. The van der Waals surface area contributed by atoms with Gasteiger partial charge in [0.25, 0.3) is 5.56 Å². The van der Waals surface area contributed by atoms with Gasteiger partial charge in [-0.1, -0.05) is 11.6 Å². The van der Waals surface area contributed by atoms with Crippen LogP contribution in [0.3, 0.4) is 0 Å². The molecular formula is C14H15ClN4O2. The topological polar surface area (TPSA) is 87.7 Å². The zero-order valence-corrected chi connectivity index (χ0v) is 12.5. The first-order chi connectivity index (χ1) is 9.95. The van der Waals surface area contributed by atoms with Crippen LogP contribution in [0.5, 0.6) is 0 Å². The van der Waals surface area contributed by atoms with Crippen molar-refractivity contribution in [2.45, 2.75) is 26.7 Å². The molecule has 0 aliphatic carbocycles. The van der Waals surface area contributed by atoms with Crippen LogP contribution in [0.15, 0.2) is 23.1 Å². The number of anilines is 1. The molecule has 2 rings (SSSR count). The van der Waals surface area contributed by atoms with Crippen LogP contribution < -0.4 is 10.9 Å². The van der Waals surface area contributed by atoms with E-state index in [-0.39, 0.29) is 17.9 Å². The van der Waals surface area contributed by atoms with Gasteiger partial charge in [0.2, 0.25) is 5.91 Å². The van der Waals surface area contributed by atoms with Crippen molar-refractivity contribution >= 4 is 23.3 Å². The summed E-state index contributed by atoms with van der Waals surface area (Å²) in [5.41, 5.74) is 0.978. The third kappa shape index (κ3) is 4.13. The molecule has 2 aromatic heterocycles. The van der Waals surface area contributed by atoms with Gasteiger partial charge < -0.3 is 10.3 Å². The van der Waals surface area contributed by atoms with Crippen LogP contribution in [0.4, 0.5) is 5.82 Å². The van der Waals surface area contributed by atoms with Crippen molar-refractivity contribution in [3.05, 3.63) is 50.8 Å². The monoisotopic (exact) mass is 306 g/mol. The highest BCUT2D eigenvalue weighted by Crippen LogP contribution is 2.10. The molecule has 2 heterocycles. The number of H-pyrrole nitrogens is 1. The molecule has 0 atom stereocenters. The highest BCUT2D eigenvalue weighted by molar-refractivity contribution is 6.30. The largest absolute Gasteiger partial charge is 0.311 e. The van der Waals surface area contributed by atoms with Crippen LogP contribution in [0, 0.1) is 13.8 Å². The van der Waals surface area contributed by atoms with Gasteiger partial charge in [0.1, 0.15) is 11.6 Å². The van der Waals surface area contributed by atoms with Crippen LogP contribution in [0.2, 0.25) is 5.02 Å². The van der Waals surface area contributed by atoms with Crippen LogP contribution >= 0.6 is 11.6 Å². The number of nitrogens with one attached hydrogen (secondary N) is 2. The average Bonchev–Trinajstić information content (AvgIpc) is 2.40. The van der Waals surface area contributed by atoms with Gasteiger partial charge in [-0.05, 0) is 32.4 Å². The molecule has 0 saturated carbocycles. The normalized spacial score (nSPS) is 10.4. The number of aromatic amines is 1. The molecule has 0 aliphatic heterocycles. The number of hydrogen-bond donors (Lipinski definition) is 2. The van der Waals surface area contributed by atoms with E-state index in [4.69, 9.17) is 11.6 Å². The molecule has 0 aromatic carbocycles. The fraction of sp³-hybridized carbons (Fsp3) is 0.286. The maximum absolute atomic E-state index is 11.8. The highest BCUT2D eigenvalue weighted by Gasteiger charge is 2.10. The summed E-state index contributed by atoms with van der Waals surface area (Å²) < 4.78 is 0. The maximum Gasteiger partial charge on any atom is 0.254 e. The number of aromatic nitrogens is 3. The fourth-order valence-corrected chi connectivity index (χ4v) is 2.05. The molecule has 110 valence electrons. The van der Waals surface area contributed by atoms with Crippen LogP contribution in [0.1, 0.15) is 23.5 Å². The molecule has 0 fully saturated rings. The van der Waals surface area contributed by atoms with E-state index >= 15 is 0 Å². The number of nitrogens with zero attached hydrogens (tertiary/aromatic N) is 2. The van der Waals surface area contributed by atoms with Gasteiger partial charge in [0.15, 0.2) is 0 Å². The third-order valence-electron chi connectivity index (χ3n) is 2.94. The van der Waals surface area contributed by atoms with Crippen molar-refractivity contribution in [1.82, 2.24) is 15.0 Å². The second-order valence-electron chi connectivity index (χ2n) is 4.63. The Hall–Kier alpha value is -2.21. The molecule has 7 heteroatoms. The Morgan fingerprint density at radius 2 is 2.14 bits per heavy atom. The molecular weight excluding hydrogens is 292 g/mol. The lowest BCUT2D eigenvalue weighted by Gasteiger charge is -2.06. The van der Waals surface area contributed by atoms with Crippen LogP contribution in [-0.4, -0.2) is 20.9 Å². The second kappa shape index (κ2) is 6.49. The smallest absolute Gasteiger partial charge is 0.254 e. The van der Waals surface area contributed by atoms with Gasteiger partial charge in [-0.3, -0.25) is 9.59 Å². The Kier molecular flexibility index (Phi) is 4.70. The first kappa shape index (κ1) is 15.2. The summed E-state index contributed by atoms with van der Waals surface area (Å²) in [6, 6.07) is 3.26. The molecule has 21 heavy (non-hydrogen) atoms. The number of aryl methyl sites for hydroxylation is 2. The van der Waals surface area contributed by atoms with Gasteiger partial charge in [0, 0.05) is 23.9 Å². The van der Waals surface area contributed by atoms with Crippen molar-refractivity contribution in [2.24, 2.45) is 0 Å². The number of halogens is 1. The van der Waals surface area contributed by atoms with Crippen molar-refractivity contribution in [1.29, 1.82) is 0 Å². The second-order valence-corrected chi connectivity index (χ2v) is 5.06. The van der Waals surface area contributed by atoms with E-state index in [2.05, 4.69) is 20.3 Å². The van der Waals surface area contributed by atoms with Crippen molar-refractivity contribution < 1.29 is 4.79 Å². The molecule has 1 amide bonds. The number of carbonyl (C=O) groups is 1. The van der Waals surface area contributed by atoms with Crippen LogP contribution in [-0.2, 0) is 11.2 Å². The minimum Gasteiger partial charge on any atom is -0.311 e. The Bertz CT molecular complexity index is 710. The zero-order chi connectivity index (χ0) is 15.4. The number of amides is 1. The summed E-state index contributed by atoms with van der Waals surface area (Å²) >= 11 is 5.72. The fourth-order valence-electron chi connectivity index (χ4n) is 1.94. The lowest BCUT2D eigenvalue weighted by atomic mass is 10.1. The van der Waals surface area contributed by atoms with E-state index in [1.807, 2.05) is 0 Å². The van der Waals surface area contributed by atoms with E-state index in [1.54, 1.807) is 26.0 Å². The van der Waals surface area contributed by atoms with E-state index in [0.29, 0.717) is 34.3 Å². The standard InChI is InChI=1S/C14H15ClN4O2/c1-8-11(14(21)18-9(2)17-8)4-6-13(20)19-12-5-3-10(15)7-16-12/h3,5,7H,4,6H2,1-2H3,(H,16,19,20)(H,17,18,21). The first-order valence-electron chi connectivity index (χ1n) is 6.43. The minimum atomic E-state index is -0.218. The molecule has 0 aliphatic rings. The Morgan fingerprint density at radius 1 is 1.38 bits per heavy atom. The summed E-state index contributed by atoms with van der Waals surface area (Å²) in [5, 5.41) is 3.15. The van der Waals surface area contributed by atoms with Crippen LogP contribution in [0.25, 0.3) is 0 Å². The maximum atomic E-state index is 11.8. The van der Waals surface area contributed by atoms with Crippen molar-refractivity contribution in [2.75, 3.05) is 5.32 Å². The Morgan fingerprint density at radius 3 is 2.76 bits per heavy atom. The molecule has 0 spiro atoms. The van der Waals surface area contributed by atoms with Gasteiger partial charge in [-0.15, -0.1) is 0 Å². The number of rotatable bonds is 4. The predicted molar refractivity (Wildman–Crippen MR) is 80.5 cm³/mol. The Labute approximate surface area is 126 Å². The molecule has 0 radical (unpaired) electrons. The summed E-state index contributed by atoms with van der Waals surface area (Å²) in [6.45, 7) is 3.48. The summed E-state index contributed by atoms with van der Waals surface area (Å²) in [7, 11) is 0. The quantitative estimate of drug-likeness (QED) is 0.904. The lowest BCUT2D eigenvalue weighted by Crippen LogP contribution is -2.20.